The maximum absolute atomic E-state index is 12.1. The molecule has 0 aliphatic carbocycles. The number of sulfonamides is 1. The molecule has 164 valence electrons. The number of rotatable bonds is 7. The molecule has 1 N–H and O–H groups in total. The molecule has 10 heteroatoms. The number of benzene rings is 1. The maximum atomic E-state index is 12.1. The van der Waals surface area contributed by atoms with Gasteiger partial charge in [0.25, 0.3) is 0 Å². The van der Waals surface area contributed by atoms with E-state index in [1.54, 1.807) is 30.8 Å². The molecule has 0 unspecified atom stereocenters. The summed E-state index contributed by atoms with van der Waals surface area (Å²) in [6.07, 6.45) is 3.65. The molecule has 1 fully saturated rings. The molecule has 1 aliphatic heterocycles. The molecule has 1 aromatic carbocycles. The Morgan fingerprint density at radius 3 is 2.58 bits per heavy atom. The van der Waals surface area contributed by atoms with Gasteiger partial charge in [-0.2, -0.15) is 0 Å². The zero-order chi connectivity index (χ0) is 21.8. The minimum Gasteiger partial charge on any atom is -0.369 e. The minimum atomic E-state index is -3.36. The van der Waals surface area contributed by atoms with Crippen molar-refractivity contribution in [3.05, 3.63) is 60.6 Å². The van der Waals surface area contributed by atoms with Crippen LogP contribution in [0.2, 0.25) is 0 Å². The van der Waals surface area contributed by atoms with Crippen LogP contribution in [-0.4, -0.2) is 64.7 Å². The summed E-state index contributed by atoms with van der Waals surface area (Å²) < 4.78 is 28.7. The molecule has 1 saturated heterocycles. The molecule has 3 aromatic rings. The van der Waals surface area contributed by atoms with E-state index in [9.17, 15) is 8.42 Å². The topological polar surface area (TPSA) is 96.2 Å². The number of nitrogens with zero attached hydrogens (tertiary/aromatic N) is 6. The first-order valence-electron chi connectivity index (χ1n) is 10.3. The van der Waals surface area contributed by atoms with Crippen molar-refractivity contribution < 1.29 is 8.42 Å². The van der Waals surface area contributed by atoms with Crippen LogP contribution >= 0.6 is 0 Å². The van der Waals surface area contributed by atoms with Crippen molar-refractivity contribution in [2.75, 3.05) is 35.8 Å². The minimum absolute atomic E-state index is 0.477. The Balaban J connectivity index is 1.34. The van der Waals surface area contributed by atoms with Crippen molar-refractivity contribution in [1.29, 1.82) is 0 Å². The van der Waals surface area contributed by atoms with Gasteiger partial charge in [0.15, 0.2) is 5.82 Å². The normalized spacial score (nSPS) is 15.4. The summed E-state index contributed by atoms with van der Waals surface area (Å²) in [4.78, 5) is 8.90. The van der Waals surface area contributed by atoms with E-state index in [0.29, 0.717) is 5.69 Å². The number of anilines is 2. The monoisotopic (exact) mass is 441 g/mol. The Hall–Kier alpha value is -2.98. The lowest BCUT2D eigenvalue weighted by molar-refractivity contribution is 0.247. The first kappa shape index (κ1) is 21.3. The molecule has 0 bridgehead atoms. The highest BCUT2D eigenvalue weighted by atomic mass is 32.2. The van der Waals surface area contributed by atoms with Crippen LogP contribution in [0.1, 0.15) is 19.5 Å². The van der Waals surface area contributed by atoms with Gasteiger partial charge in [0.1, 0.15) is 0 Å². The van der Waals surface area contributed by atoms with Gasteiger partial charge in [-0.3, -0.25) is 9.62 Å². The Bertz CT molecular complexity index is 1110. The number of hydrogen-bond acceptors (Lipinski definition) is 7. The van der Waals surface area contributed by atoms with E-state index in [4.69, 9.17) is 0 Å². The first-order chi connectivity index (χ1) is 14.9. The second kappa shape index (κ2) is 9.03. The smallest absolute Gasteiger partial charge is 0.235 e. The molecule has 3 heterocycles. The van der Waals surface area contributed by atoms with Gasteiger partial charge < -0.3 is 4.90 Å². The van der Waals surface area contributed by atoms with E-state index in [1.807, 2.05) is 42.6 Å². The van der Waals surface area contributed by atoms with E-state index >= 15 is 0 Å². The van der Waals surface area contributed by atoms with Crippen molar-refractivity contribution in [3.63, 3.8) is 0 Å². The fraction of sp³-hybridized carbons (Fsp3) is 0.381. The van der Waals surface area contributed by atoms with Crippen LogP contribution in [0, 0.1) is 0 Å². The van der Waals surface area contributed by atoms with E-state index in [0.717, 1.165) is 49.9 Å². The Morgan fingerprint density at radius 1 is 1.06 bits per heavy atom. The third-order valence-electron chi connectivity index (χ3n) is 5.27. The number of hydrogen-bond donors (Lipinski definition) is 1. The average molecular weight is 442 g/mol. The van der Waals surface area contributed by atoms with Gasteiger partial charge in [0, 0.05) is 44.6 Å². The number of aromatic nitrogens is 4. The fourth-order valence-electron chi connectivity index (χ4n) is 3.41. The van der Waals surface area contributed by atoms with Crippen molar-refractivity contribution in [1.82, 2.24) is 24.9 Å². The van der Waals surface area contributed by atoms with Gasteiger partial charge in [0.2, 0.25) is 10.0 Å². The van der Waals surface area contributed by atoms with Crippen molar-refractivity contribution >= 4 is 21.4 Å². The lowest BCUT2D eigenvalue weighted by atomic mass is 10.2. The van der Waals surface area contributed by atoms with Crippen LogP contribution in [-0.2, 0) is 16.6 Å². The zero-order valence-corrected chi connectivity index (χ0v) is 18.5. The van der Waals surface area contributed by atoms with Crippen LogP contribution in [0.4, 0.5) is 11.4 Å². The Labute approximate surface area is 182 Å². The molecule has 4 rings (SSSR count). The van der Waals surface area contributed by atoms with Gasteiger partial charge in [-0.1, -0.05) is 17.3 Å². The molecule has 0 saturated carbocycles. The molecular formula is C21H27N7O2S. The van der Waals surface area contributed by atoms with E-state index in [2.05, 4.69) is 29.8 Å². The predicted octanol–water partition coefficient (Wildman–Crippen LogP) is 2.13. The van der Waals surface area contributed by atoms with Crippen molar-refractivity contribution in [2.24, 2.45) is 0 Å². The highest BCUT2D eigenvalue weighted by Gasteiger charge is 2.20. The molecule has 0 radical (unpaired) electrons. The molecule has 0 atom stereocenters. The van der Waals surface area contributed by atoms with E-state index in [1.165, 1.54) is 0 Å². The van der Waals surface area contributed by atoms with Crippen molar-refractivity contribution in [2.45, 2.75) is 25.6 Å². The molecule has 1 aliphatic rings. The molecule has 0 spiro atoms. The highest BCUT2D eigenvalue weighted by molar-refractivity contribution is 7.93. The summed E-state index contributed by atoms with van der Waals surface area (Å²) in [5.74, 6) is 0.749. The summed E-state index contributed by atoms with van der Waals surface area (Å²) >= 11 is 0. The molecule has 0 amide bonds. The average Bonchev–Trinajstić information content (AvgIpc) is 3.23. The summed E-state index contributed by atoms with van der Waals surface area (Å²) in [7, 11) is -3.36. The third-order valence-corrected chi connectivity index (χ3v) is 7.04. The quantitative estimate of drug-likeness (QED) is 0.600. The summed E-state index contributed by atoms with van der Waals surface area (Å²) in [6.45, 7) is 7.55. The summed E-state index contributed by atoms with van der Waals surface area (Å²) in [5.41, 5.74) is 2.52. The van der Waals surface area contributed by atoms with Gasteiger partial charge in [-0.15, -0.1) is 5.10 Å². The fourth-order valence-corrected chi connectivity index (χ4v) is 4.10. The molecule has 2 aromatic heterocycles. The maximum Gasteiger partial charge on any atom is 0.235 e. The number of pyridine rings is 1. The largest absolute Gasteiger partial charge is 0.369 e. The number of nitrogens with one attached hydrogen (secondary N) is 1. The van der Waals surface area contributed by atoms with Gasteiger partial charge in [0.05, 0.1) is 22.8 Å². The van der Waals surface area contributed by atoms with Crippen LogP contribution in [0.25, 0.3) is 5.82 Å². The molecule has 31 heavy (non-hydrogen) atoms. The van der Waals surface area contributed by atoms with Crippen LogP contribution in [0.3, 0.4) is 0 Å². The molecule has 9 nitrogen and oxygen atoms in total. The highest BCUT2D eigenvalue weighted by Crippen LogP contribution is 2.22. The second-order valence-electron chi connectivity index (χ2n) is 7.85. The Morgan fingerprint density at radius 2 is 1.87 bits per heavy atom. The summed E-state index contributed by atoms with van der Waals surface area (Å²) in [6, 6.07) is 13.3. The van der Waals surface area contributed by atoms with E-state index in [-0.39, 0.29) is 0 Å². The standard InChI is InChI=1S/C21H27N7O2S/c1-17(2)31(29,30)24-18-6-5-7-20(14-18)27-12-10-26(11-13-27)15-19-16-28(25-23-19)21-8-3-4-9-22-21/h3-9,14,16-17,24H,10-13,15H2,1-2H3. The van der Waals surface area contributed by atoms with Gasteiger partial charge in [-0.05, 0) is 44.2 Å². The lowest BCUT2D eigenvalue weighted by Gasteiger charge is -2.35. The lowest BCUT2D eigenvalue weighted by Crippen LogP contribution is -2.46. The first-order valence-corrected chi connectivity index (χ1v) is 11.9. The van der Waals surface area contributed by atoms with Crippen LogP contribution < -0.4 is 9.62 Å². The Kier molecular flexibility index (Phi) is 6.19. The molecular weight excluding hydrogens is 414 g/mol. The SMILES string of the molecule is CC(C)S(=O)(=O)Nc1cccc(N2CCN(Cc3cn(-c4ccccn4)nn3)CC2)c1. The second-order valence-corrected chi connectivity index (χ2v) is 10.1. The van der Waals surface area contributed by atoms with Gasteiger partial charge >= 0.3 is 0 Å². The third kappa shape index (κ3) is 5.20. The van der Waals surface area contributed by atoms with Crippen LogP contribution in [0.5, 0.6) is 0 Å². The van der Waals surface area contributed by atoms with Crippen molar-refractivity contribution in [3.8, 4) is 5.82 Å². The van der Waals surface area contributed by atoms with Gasteiger partial charge in [-0.25, -0.2) is 18.1 Å². The predicted molar refractivity (Wildman–Crippen MR) is 121 cm³/mol. The zero-order valence-electron chi connectivity index (χ0n) is 17.7. The summed E-state index contributed by atoms with van der Waals surface area (Å²) in [5, 5.41) is 7.98. The number of piperazine rings is 1. The van der Waals surface area contributed by atoms with Crippen LogP contribution in [0.15, 0.2) is 54.9 Å². The van der Waals surface area contributed by atoms with E-state index < -0.39 is 15.3 Å².